The predicted octanol–water partition coefficient (Wildman–Crippen LogP) is 4.05. The van der Waals surface area contributed by atoms with Crippen LogP contribution < -0.4 is 9.80 Å². The van der Waals surface area contributed by atoms with E-state index in [4.69, 9.17) is 4.74 Å². The quantitative estimate of drug-likeness (QED) is 0.513. The van der Waals surface area contributed by atoms with E-state index in [1.165, 1.54) is 0 Å². The molecule has 4 aromatic rings. The maximum absolute atomic E-state index is 13.0. The van der Waals surface area contributed by atoms with Gasteiger partial charge in [0.2, 0.25) is 0 Å². The number of phenolic OH excluding ortho intramolecular Hbond substituents is 1. The summed E-state index contributed by atoms with van der Waals surface area (Å²) >= 11 is 0. The lowest BCUT2D eigenvalue weighted by atomic mass is 10.1. The van der Waals surface area contributed by atoms with Gasteiger partial charge in [-0.3, -0.25) is 4.79 Å². The van der Waals surface area contributed by atoms with Gasteiger partial charge in [-0.25, -0.2) is 4.98 Å². The van der Waals surface area contributed by atoms with Gasteiger partial charge < -0.3 is 24.6 Å². The van der Waals surface area contributed by atoms with Gasteiger partial charge >= 0.3 is 0 Å². The Morgan fingerprint density at radius 3 is 2.47 bits per heavy atom. The van der Waals surface area contributed by atoms with Crippen LogP contribution in [-0.2, 0) is 4.74 Å². The van der Waals surface area contributed by atoms with Crippen molar-refractivity contribution in [2.45, 2.75) is 0 Å². The Kier molecular flexibility index (Phi) is 5.25. The highest BCUT2D eigenvalue weighted by Gasteiger charge is 2.16. The largest absolute Gasteiger partial charge is 0.508 e. The zero-order valence-electron chi connectivity index (χ0n) is 17.8. The van der Waals surface area contributed by atoms with E-state index in [0.29, 0.717) is 11.4 Å². The summed E-state index contributed by atoms with van der Waals surface area (Å²) in [5, 5.41) is 9.64. The van der Waals surface area contributed by atoms with Gasteiger partial charge in [-0.2, -0.15) is 0 Å². The summed E-state index contributed by atoms with van der Waals surface area (Å²) in [5.74, 6) is 0.802. The number of fused-ring (bicyclic) bond motifs is 1. The summed E-state index contributed by atoms with van der Waals surface area (Å²) in [6, 6.07) is 20.4. The van der Waals surface area contributed by atoms with Crippen molar-refractivity contribution in [3.05, 3.63) is 72.3 Å². The Balaban J connectivity index is 1.31. The first-order valence-corrected chi connectivity index (χ1v) is 10.6. The first-order valence-electron chi connectivity index (χ1n) is 10.6. The van der Waals surface area contributed by atoms with Crippen molar-refractivity contribution in [2.75, 3.05) is 43.2 Å². The molecular formula is C25H24N4O3. The molecule has 5 rings (SSSR count). The van der Waals surface area contributed by atoms with Crippen LogP contribution in [0.4, 0.5) is 11.4 Å². The molecule has 3 aromatic carbocycles. The fourth-order valence-corrected chi connectivity index (χ4v) is 3.92. The number of anilines is 2. The van der Waals surface area contributed by atoms with Crippen LogP contribution in [0.2, 0.25) is 0 Å². The normalized spacial score (nSPS) is 14.0. The van der Waals surface area contributed by atoms with E-state index in [2.05, 4.69) is 14.9 Å². The fourth-order valence-electron chi connectivity index (χ4n) is 3.92. The van der Waals surface area contributed by atoms with E-state index in [0.717, 1.165) is 54.3 Å². The molecule has 0 unspecified atom stereocenters. The summed E-state index contributed by atoms with van der Waals surface area (Å²) in [7, 11) is 1.78. The number of aromatic nitrogens is 2. The maximum Gasteiger partial charge on any atom is 0.258 e. The molecule has 2 N–H and O–H groups in total. The van der Waals surface area contributed by atoms with Crippen molar-refractivity contribution in [1.82, 2.24) is 9.97 Å². The average molecular weight is 428 g/mol. The van der Waals surface area contributed by atoms with Gasteiger partial charge in [0, 0.05) is 48.7 Å². The van der Waals surface area contributed by atoms with Crippen LogP contribution >= 0.6 is 0 Å². The SMILES string of the molecule is CN(C(=O)c1ccc(-c2nc3ccc(O)cc3[nH]2)cc1)c1ccc(N2CCOCC2)cc1. The molecular weight excluding hydrogens is 404 g/mol. The number of ether oxygens (including phenoxy) is 1. The Labute approximate surface area is 185 Å². The number of rotatable bonds is 4. The topological polar surface area (TPSA) is 81.7 Å². The van der Waals surface area contributed by atoms with Crippen molar-refractivity contribution in [2.24, 2.45) is 0 Å². The Morgan fingerprint density at radius 1 is 1.03 bits per heavy atom. The summed E-state index contributed by atoms with van der Waals surface area (Å²) in [4.78, 5) is 24.7. The van der Waals surface area contributed by atoms with Crippen LogP contribution in [0.5, 0.6) is 5.75 Å². The molecule has 32 heavy (non-hydrogen) atoms. The Bertz CT molecular complexity index is 1240. The number of carbonyl (C=O) groups is 1. The number of aromatic amines is 1. The molecule has 1 saturated heterocycles. The van der Waals surface area contributed by atoms with Crippen LogP contribution in [0.1, 0.15) is 10.4 Å². The maximum atomic E-state index is 13.0. The van der Waals surface area contributed by atoms with Gasteiger partial charge in [0.15, 0.2) is 0 Å². The number of amides is 1. The molecule has 1 fully saturated rings. The van der Waals surface area contributed by atoms with E-state index in [-0.39, 0.29) is 11.7 Å². The van der Waals surface area contributed by atoms with E-state index in [9.17, 15) is 9.90 Å². The summed E-state index contributed by atoms with van der Waals surface area (Å²) in [6.45, 7) is 3.25. The van der Waals surface area contributed by atoms with E-state index >= 15 is 0 Å². The average Bonchev–Trinajstić information content (AvgIpc) is 3.27. The third-order valence-electron chi connectivity index (χ3n) is 5.79. The van der Waals surface area contributed by atoms with E-state index < -0.39 is 0 Å². The number of hydrogen-bond acceptors (Lipinski definition) is 5. The van der Waals surface area contributed by atoms with Gasteiger partial charge in [-0.05, 0) is 48.5 Å². The van der Waals surface area contributed by atoms with Crippen LogP contribution in [0.15, 0.2) is 66.7 Å². The number of aromatic hydroxyl groups is 1. The molecule has 7 nitrogen and oxygen atoms in total. The highest BCUT2D eigenvalue weighted by atomic mass is 16.5. The molecule has 7 heteroatoms. The minimum atomic E-state index is -0.0785. The molecule has 0 saturated carbocycles. The summed E-state index contributed by atoms with van der Waals surface area (Å²) < 4.78 is 5.41. The monoisotopic (exact) mass is 428 g/mol. The van der Waals surface area contributed by atoms with Crippen LogP contribution in [-0.4, -0.2) is 54.3 Å². The number of phenols is 1. The number of benzene rings is 3. The van der Waals surface area contributed by atoms with Gasteiger partial charge in [-0.1, -0.05) is 12.1 Å². The lowest BCUT2D eigenvalue weighted by molar-refractivity contribution is 0.0993. The minimum Gasteiger partial charge on any atom is -0.508 e. The van der Waals surface area contributed by atoms with Crippen molar-refractivity contribution in [1.29, 1.82) is 0 Å². The van der Waals surface area contributed by atoms with E-state index in [1.54, 1.807) is 42.3 Å². The zero-order chi connectivity index (χ0) is 22.1. The summed E-state index contributed by atoms with van der Waals surface area (Å²) in [6.07, 6.45) is 0. The first kappa shape index (κ1) is 20.1. The number of nitrogens with one attached hydrogen (secondary N) is 1. The number of carbonyl (C=O) groups excluding carboxylic acids is 1. The molecule has 1 amide bonds. The second-order valence-corrected chi connectivity index (χ2v) is 7.84. The molecule has 2 heterocycles. The van der Waals surface area contributed by atoms with Crippen LogP contribution in [0.3, 0.4) is 0 Å². The van der Waals surface area contributed by atoms with Crippen molar-refractivity contribution in [3.8, 4) is 17.1 Å². The van der Waals surface area contributed by atoms with Crippen molar-refractivity contribution in [3.63, 3.8) is 0 Å². The minimum absolute atomic E-state index is 0.0785. The Hall–Kier alpha value is -3.84. The van der Waals surface area contributed by atoms with Gasteiger partial charge in [0.05, 0.1) is 24.2 Å². The second-order valence-electron chi connectivity index (χ2n) is 7.84. The highest BCUT2D eigenvalue weighted by molar-refractivity contribution is 6.06. The number of hydrogen-bond donors (Lipinski definition) is 2. The summed E-state index contributed by atoms with van der Waals surface area (Å²) in [5.41, 5.74) is 4.99. The van der Waals surface area contributed by atoms with E-state index in [1.807, 2.05) is 36.4 Å². The molecule has 0 bridgehead atoms. The molecule has 0 atom stereocenters. The molecule has 162 valence electrons. The van der Waals surface area contributed by atoms with Crippen molar-refractivity contribution < 1.29 is 14.6 Å². The predicted molar refractivity (Wildman–Crippen MR) is 125 cm³/mol. The lowest BCUT2D eigenvalue weighted by Gasteiger charge is -2.29. The van der Waals surface area contributed by atoms with Gasteiger partial charge in [0.1, 0.15) is 11.6 Å². The molecule has 0 radical (unpaired) electrons. The zero-order valence-corrected chi connectivity index (χ0v) is 17.8. The second kappa shape index (κ2) is 8.36. The molecule has 1 aromatic heterocycles. The van der Waals surface area contributed by atoms with Crippen LogP contribution in [0, 0.1) is 0 Å². The third kappa shape index (κ3) is 3.90. The van der Waals surface area contributed by atoms with Gasteiger partial charge in [0.25, 0.3) is 5.91 Å². The smallest absolute Gasteiger partial charge is 0.258 e. The standard InChI is InChI=1S/C25H24N4O3/c1-28(19-6-8-20(9-7-19)29-12-14-32-15-13-29)25(31)18-4-2-17(3-5-18)24-26-22-11-10-21(30)16-23(22)27-24/h2-11,16,30H,12-15H2,1H3,(H,26,27). The number of H-pyrrole nitrogens is 1. The first-order chi connectivity index (χ1) is 15.6. The molecule has 0 spiro atoms. The highest BCUT2D eigenvalue weighted by Crippen LogP contribution is 2.25. The van der Waals surface area contributed by atoms with Crippen LogP contribution in [0.25, 0.3) is 22.4 Å². The lowest BCUT2D eigenvalue weighted by Crippen LogP contribution is -2.36. The molecule has 0 aliphatic carbocycles. The molecule has 1 aliphatic heterocycles. The number of morpholine rings is 1. The van der Waals surface area contributed by atoms with Gasteiger partial charge in [-0.15, -0.1) is 0 Å². The number of nitrogens with zero attached hydrogens (tertiary/aromatic N) is 3. The Morgan fingerprint density at radius 2 is 1.75 bits per heavy atom. The van der Waals surface area contributed by atoms with Crippen molar-refractivity contribution >= 4 is 28.3 Å². The molecule has 1 aliphatic rings. The fraction of sp³-hybridized carbons (Fsp3) is 0.200. The number of imidazole rings is 1. The third-order valence-corrected chi connectivity index (χ3v) is 5.79.